The van der Waals surface area contributed by atoms with Crippen LogP contribution < -0.4 is 5.32 Å². The molecule has 98 valence electrons. The molecular formula is C13H21N5. The van der Waals surface area contributed by atoms with Gasteiger partial charge in [-0.25, -0.2) is 9.97 Å². The summed E-state index contributed by atoms with van der Waals surface area (Å²) in [4.78, 5) is 8.50. The molecule has 0 aliphatic rings. The molecule has 0 saturated carbocycles. The highest BCUT2D eigenvalue weighted by molar-refractivity contribution is 5.85. The number of rotatable bonds is 6. The van der Waals surface area contributed by atoms with E-state index in [-0.39, 0.29) is 0 Å². The lowest BCUT2D eigenvalue weighted by molar-refractivity contribution is 0.544. The van der Waals surface area contributed by atoms with Gasteiger partial charge in [0.25, 0.3) is 0 Å². The van der Waals surface area contributed by atoms with E-state index < -0.39 is 0 Å². The van der Waals surface area contributed by atoms with Gasteiger partial charge in [-0.15, -0.1) is 0 Å². The molecule has 0 fully saturated rings. The third-order valence-corrected chi connectivity index (χ3v) is 3.03. The van der Waals surface area contributed by atoms with Gasteiger partial charge in [-0.1, -0.05) is 26.7 Å². The van der Waals surface area contributed by atoms with Crippen molar-refractivity contribution in [1.82, 2.24) is 19.7 Å². The summed E-state index contributed by atoms with van der Waals surface area (Å²) in [5.41, 5.74) is 0.870. The number of anilines is 1. The van der Waals surface area contributed by atoms with E-state index in [2.05, 4.69) is 34.2 Å². The second kappa shape index (κ2) is 5.80. The largest absolute Gasteiger partial charge is 0.369 e. The van der Waals surface area contributed by atoms with Crippen LogP contribution in [0.1, 0.15) is 33.1 Å². The van der Waals surface area contributed by atoms with Gasteiger partial charge in [-0.05, 0) is 12.3 Å². The Bertz CT molecular complexity index is 503. The summed E-state index contributed by atoms with van der Waals surface area (Å²) in [5.74, 6) is 1.67. The summed E-state index contributed by atoms with van der Waals surface area (Å²) in [7, 11) is 1.89. The fourth-order valence-corrected chi connectivity index (χ4v) is 1.99. The summed E-state index contributed by atoms with van der Waals surface area (Å²) in [5, 5.41) is 8.56. The zero-order chi connectivity index (χ0) is 13.0. The first-order valence-electron chi connectivity index (χ1n) is 6.55. The van der Waals surface area contributed by atoms with E-state index in [4.69, 9.17) is 0 Å². The molecule has 2 heterocycles. The topological polar surface area (TPSA) is 55.6 Å². The van der Waals surface area contributed by atoms with Crippen molar-refractivity contribution in [2.24, 2.45) is 13.0 Å². The Labute approximate surface area is 108 Å². The van der Waals surface area contributed by atoms with Crippen LogP contribution in [-0.2, 0) is 7.05 Å². The number of unbranched alkanes of at least 4 members (excludes halogenated alkanes) is 1. The standard InChI is InChI=1S/C13H21N5/c1-10(2)6-4-5-7-14-12-11-8-17-18(3)13(11)16-9-15-12/h8-10H,4-7H2,1-3H3,(H,14,15,16). The van der Waals surface area contributed by atoms with Crippen LogP contribution in [0.15, 0.2) is 12.5 Å². The third-order valence-electron chi connectivity index (χ3n) is 3.03. The number of aromatic nitrogens is 4. The molecule has 0 amide bonds. The Morgan fingerprint density at radius 3 is 2.89 bits per heavy atom. The predicted octanol–water partition coefficient (Wildman–Crippen LogP) is 2.60. The maximum Gasteiger partial charge on any atom is 0.163 e. The monoisotopic (exact) mass is 247 g/mol. The van der Waals surface area contributed by atoms with E-state index in [0.29, 0.717) is 0 Å². The van der Waals surface area contributed by atoms with E-state index in [1.165, 1.54) is 19.3 Å². The Morgan fingerprint density at radius 2 is 2.11 bits per heavy atom. The molecule has 2 aromatic rings. The maximum atomic E-state index is 4.28. The molecular weight excluding hydrogens is 226 g/mol. The van der Waals surface area contributed by atoms with Crippen LogP contribution in [0.5, 0.6) is 0 Å². The Kier molecular flexibility index (Phi) is 4.12. The molecule has 5 heteroatoms. The molecule has 18 heavy (non-hydrogen) atoms. The summed E-state index contributed by atoms with van der Waals surface area (Å²) in [6, 6.07) is 0. The predicted molar refractivity (Wildman–Crippen MR) is 73.5 cm³/mol. The highest BCUT2D eigenvalue weighted by Gasteiger charge is 2.06. The molecule has 0 saturated heterocycles. The van der Waals surface area contributed by atoms with Gasteiger partial charge in [0.2, 0.25) is 0 Å². The molecule has 0 unspecified atom stereocenters. The number of hydrogen-bond donors (Lipinski definition) is 1. The number of nitrogens with one attached hydrogen (secondary N) is 1. The molecule has 2 rings (SSSR count). The molecule has 0 radical (unpaired) electrons. The lowest BCUT2D eigenvalue weighted by atomic mass is 10.1. The molecule has 2 aromatic heterocycles. The molecule has 0 bridgehead atoms. The van der Waals surface area contributed by atoms with Gasteiger partial charge >= 0.3 is 0 Å². The van der Waals surface area contributed by atoms with Crippen molar-refractivity contribution >= 4 is 16.9 Å². The molecule has 1 N–H and O–H groups in total. The normalized spacial score (nSPS) is 11.3. The van der Waals surface area contributed by atoms with Gasteiger partial charge in [-0.2, -0.15) is 5.10 Å². The molecule has 5 nitrogen and oxygen atoms in total. The average Bonchev–Trinajstić information content (AvgIpc) is 2.71. The van der Waals surface area contributed by atoms with Gasteiger partial charge in [-0.3, -0.25) is 4.68 Å². The van der Waals surface area contributed by atoms with Crippen molar-refractivity contribution in [3.8, 4) is 0 Å². The van der Waals surface area contributed by atoms with Crippen LogP contribution in [0, 0.1) is 5.92 Å². The van der Waals surface area contributed by atoms with E-state index >= 15 is 0 Å². The highest BCUT2D eigenvalue weighted by Crippen LogP contribution is 2.17. The SMILES string of the molecule is CC(C)CCCCNc1ncnc2c1cnn2C. The van der Waals surface area contributed by atoms with Crippen LogP contribution in [0.2, 0.25) is 0 Å². The first-order valence-corrected chi connectivity index (χ1v) is 6.55. The van der Waals surface area contributed by atoms with Gasteiger partial charge in [0.1, 0.15) is 12.1 Å². The molecule has 0 aliphatic heterocycles. The van der Waals surface area contributed by atoms with Crippen molar-refractivity contribution in [3.05, 3.63) is 12.5 Å². The van der Waals surface area contributed by atoms with Crippen molar-refractivity contribution < 1.29 is 0 Å². The lowest BCUT2D eigenvalue weighted by Crippen LogP contribution is -2.04. The van der Waals surface area contributed by atoms with Gasteiger partial charge < -0.3 is 5.32 Å². The van der Waals surface area contributed by atoms with E-state index in [1.54, 1.807) is 11.0 Å². The van der Waals surface area contributed by atoms with E-state index in [1.807, 2.05) is 13.2 Å². The Morgan fingerprint density at radius 1 is 1.28 bits per heavy atom. The fourth-order valence-electron chi connectivity index (χ4n) is 1.99. The number of aryl methyl sites for hydroxylation is 1. The van der Waals surface area contributed by atoms with Crippen LogP contribution in [0.4, 0.5) is 5.82 Å². The Balaban J connectivity index is 1.92. The summed E-state index contributed by atoms with van der Waals surface area (Å²) >= 11 is 0. The number of fused-ring (bicyclic) bond motifs is 1. The fraction of sp³-hybridized carbons (Fsp3) is 0.615. The first-order chi connectivity index (χ1) is 8.68. The third kappa shape index (κ3) is 2.97. The van der Waals surface area contributed by atoms with Crippen molar-refractivity contribution in [3.63, 3.8) is 0 Å². The quantitative estimate of drug-likeness (QED) is 0.797. The van der Waals surface area contributed by atoms with Crippen LogP contribution >= 0.6 is 0 Å². The molecule has 0 aliphatic carbocycles. The maximum absolute atomic E-state index is 4.28. The van der Waals surface area contributed by atoms with E-state index in [9.17, 15) is 0 Å². The zero-order valence-electron chi connectivity index (χ0n) is 11.3. The minimum absolute atomic E-state index is 0.786. The first kappa shape index (κ1) is 12.8. The molecule has 0 atom stereocenters. The van der Waals surface area contributed by atoms with Crippen LogP contribution in [0.3, 0.4) is 0 Å². The number of nitrogens with zero attached hydrogens (tertiary/aromatic N) is 4. The highest BCUT2D eigenvalue weighted by atomic mass is 15.3. The van der Waals surface area contributed by atoms with Crippen molar-refractivity contribution in [2.45, 2.75) is 33.1 Å². The average molecular weight is 247 g/mol. The lowest BCUT2D eigenvalue weighted by Gasteiger charge is -2.07. The minimum atomic E-state index is 0.786. The zero-order valence-corrected chi connectivity index (χ0v) is 11.3. The van der Waals surface area contributed by atoms with Crippen molar-refractivity contribution in [1.29, 1.82) is 0 Å². The van der Waals surface area contributed by atoms with Crippen LogP contribution in [-0.4, -0.2) is 26.3 Å². The molecule has 0 spiro atoms. The molecule has 0 aromatic carbocycles. The minimum Gasteiger partial charge on any atom is -0.369 e. The number of hydrogen-bond acceptors (Lipinski definition) is 4. The van der Waals surface area contributed by atoms with Gasteiger partial charge in [0.05, 0.1) is 11.6 Å². The second-order valence-corrected chi connectivity index (χ2v) is 5.04. The van der Waals surface area contributed by atoms with E-state index in [0.717, 1.165) is 29.3 Å². The van der Waals surface area contributed by atoms with Gasteiger partial charge in [0.15, 0.2) is 5.65 Å². The Hall–Kier alpha value is -1.65. The second-order valence-electron chi connectivity index (χ2n) is 5.04. The van der Waals surface area contributed by atoms with Crippen molar-refractivity contribution in [2.75, 3.05) is 11.9 Å². The van der Waals surface area contributed by atoms with Crippen LogP contribution in [0.25, 0.3) is 11.0 Å². The summed E-state index contributed by atoms with van der Waals surface area (Å²) in [6.45, 7) is 5.47. The summed E-state index contributed by atoms with van der Waals surface area (Å²) in [6.07, 6.45) is 7.11. The smallest absolute Gasteiger partial charge is 0.163 e. The van der Waals surface area contributed by atoms with Gasteiger partial charge in [0, 0.05) is 13.6 Å². The summed E-state index contributed by atoms with van der Waals surface area (Å²) < 4.78 is 1.76.